The molecule has 0 atom stereocenters. The highest BCUT2D eigenvalue weighted by molar-refractivity contribution is 4.49. The van der Waals surface area contributed by atoms with Gasteiger partial charge in [0.25, 0.3) is 0 Å². The molecule has 0 amide bonds. The first-order valence-corrected chi connectivity index (χ1v) is 8.87. The highest BCUT2D eigenvalue weighted by atomic mass is 16.8. The Balaban J connectivity index is 2.99. The molecule has 0 rings (SSSR count). The number of hydroxylamine groups is 4. The highest BCUT2D eigenvalue weighted by Crippen LogP contribution is 2.13. The third-order valence-corrected chi connectivity index (χ3v) is 3.94. The molecule has 0 fully saturated rings. The van der Waals surface area contributed by atoms with Gasteiger partial charge in [-0.1, -0.05) is 88.8 Å². The van der Waals surface area contributed by atoms with Crippen LogP contribution in [0.2, 0.25) is 0 Å². The first-order chi connectivity index (χ1) is 9.56. The van der Waals surface area contributed by atoms with E-state index < -0.39 is 4.81 Å². The molecular weight excluding hydrogens is 250 g/mol. The summed E-state index contributed by atoms with van der Waals surface area (Å²) in [5.41, 5.74) is 0. The lowest BCUT2D eigenvalue weighted by Gasteiger charge is -2.14. The lowest BCUT2D eigenvalue weighted by Crippen LogP contribution is -2.36. The molecule has 0 heterocycles. The standard InChI is InChI=1S/C17H38NO2/c1-3-4-5-6-7-8-9-10-11-12-13-14-15-16-17-18(2,19)20/h19-20H,3-17H2,1-2H3/q+1. The molecule has 3 heteroatoms. The van der Waals surface area contributed by atoms with Gasteiger partial charge in [0.1, 0.15) is 13.6 Å². The predicted octanol–water partition coefficient (Wildman–Crippen LogP) is 5.69. The lowest BCUT2D eigenvalue weighted by molar-refractivity contribution is -1.23. The van der Waals surface area contributed by atoms with Crippen molar-refractivity contribution in [2.24, 2.45) is 0 Å². The Morgan fingerprint density at radius 3 is 1.15 bits per heavy atom. The number of hydrogen-bond donors (Lipinski definition) is 2. The van der Waals surface area contributed by atoms with Crippen LogP contribution < -0.4 is 0 Å². The largest absolute Gasteiger partial charge is 0.182 e. The van der Waals surface area contributed by atoms with Crippen LogP contribution in [-0.2, 0) is 0 Å². The molecule has 0 aromatic rings. The summed E-state index contributed by atoms with van der Waals surface area (Å²) >= 11 is 0. The maximum Gasteiger partial charge on any atom is 0.141 e. The molecule has 0 aliphatic carbocycles. The van der Waals surface area contributed by atoms with E-state index in [4.69, 9.17) is 10.4 Å². The van der Waals surface area contributed by atoms with Crippen molar-refractivity contribution in [2.75, 3.05) is 13.6 Å². The van der Waals surface area contributed by atoms with Crippen LogP contribution in [0.4, 0.5) is 0 Å². The summed E-state index contributed by atoms with van der Waals surface area (Å²) in [6.07, 6.45) is 18.6. The number of nitrogens with zero attached hydrogens (tertiary/aromatic N) is 1. The smallest absolute Gasteiger partial charge is 0.141 e. The number of quaternary nitrogens is 1. The molecule has 0 aliphatic rings. The van der Waals surface area contributed by atoms with E-state index >= 15 is 0 Å². The topological polar surface area (TPSA) is 40.5 Å². The second-order valence-corrected chi connectivity index (χ2v) is 6.41. The van der Waals surface area contributed by atoms with Crippen LogP contribution in [0, 0.1) is 0 Å². The summed E-state index contributed by atoms with van der Waals surface area (Å²) in [6.45, 7) is 2.71. The fraction of sp³-hybridized carbons (Fsp3) is 1.00. The third kappa shape index (κ3) is 17.9. The van der Waals surface area contributed by atoms with Crippen molar-refractivity contribution in [3.8, 4) is 0 Å². The van der Waals surface area contributed by atoms with Gasteiger partial charge >= 0.3 is 0 Å². The van der Waals surface area contributed by atoms with Crippen LogP contribution in [0.25, 0.3) is 0 Å². The van der Waals surface area contributed by atoms with Crippen molar-refractivity contribution >= 4 is 0 Å². The molecule has 3 nitrogen and oxygen atoms in total. The van der Waals surface area contributed by atoms with E-state index in [9.17, 15) is 0 Å². The molecule has 0 spiro atoms. The van der Waals surface area contributed by atoms with Gasteiger partial charge in [0.2, 0.25) is 0 Å². The monoisotopic (exact) mass is 288 g/mol. The van der Waals surface area contributed by atoms with Gasteiger partial charge in [-0.05, 0) is 6.42 Å². The maximum atomic E-state index is 9.10. The van der Waals surface area contributed by atoms with Crippen molar-refractivity contribution in [3.05, 3.63) is 0 Å². The molecule has 0 saturated heterocycles. The van der Waals surface area contributed by atoms with Gasteiger partial charge in [-0.2, -0.15) is 10.4 Å². The van der Waals surface area contributed by atoms with E-state index in [-0.39, 0.29) is 0 Å². The first-order valence-electron chi connectivity index (χ1n) is 8.87. The summed E-state index contributed by atoms with van der Waals surface area (Å²) in [5, 5.41) is 18.2. The molecule has 122 valence electrons. The van der Waals surface area contributed by atoms with Gasteiger partial charge in [0.05, 0.1) is 0 Å². The maximum absolute atomic E-state index is 9.10. The minimum absolute atomic E-state index is 0.442. The molecule has 0 bridgehead atoms. The van der Waals surface area contributed by atoms with Crippen LogP contribution in [0.3, 0.4) is 0 Å². The second-order valence-electron chi connectivity index (χ2n) is 6.41. The normalized spacial score (nSPS) is 12.0. The Kier molecular flexibility index (Phi) is 13.8. The van der Waals surface area contributed by atoms with E-state index in [1.165, 1.54) is 84.1 Å². The summed E-state index contributed by atoms with van der Waals surface area (Å²) in [6, 6.07) is 0. The van der Waals surface area contributed by atoms with Crippen molar-refractivity contribution in [1.82, 2.24) is 0 Å². The zero-order valence-electron chi connectivity index (χ0n) is 13.9. The van der Waals surface area contributed by atoms with Gasteiger partial charge in [-0.15, -0.1) is 0 Å². The van der Waals surface area contributed by atoms with Gasteiger partial charge in [0, 0.05) is 6.42 Å². The molecular formula is C17H38NO2+. The highest BCUT2D eigenvalue weighted by Gasteiger charge is 2.12. The van der Waals surface area contributed by atoms with E-state index in [0.717, 1.165) is 12.8 Å². The molecule has 2 N–H and O–H groups in total. The number of rotatable bonds is 15. The van der Waals surface area contributed by atoms with Crippen LogP contribution in [-0.4, -0.2) is 28.8 Å². The van der Waals surface area contributed by atoms with Crippen LogP contribution in [0.1, 0.15) is 96.8 Å². The minimum Gasteiger partial charge on any atom is -0.182 e. The average molecular weight is 288 g/mol. The van der Waals surface area contributed by atoms with E-state index in [2.05, 4.69) is 6.92 Å². The molecule has 0 saturated carbocycles. The quantitative estimate of drug-likeness (QED) is 0.231. The Morgan fingerprint density at radius 1 is 0.550 bits per heavy atom. The minimum atomic E-state index is -0.877. The molecule has 0 aromatic heterocycles. The molecule has 0 unspecified atom stereocenters. The van der Waals surface area contributed by atoms with Gasteiger partial charge in [-0.25, -0.2) is 0 Å². The number of unbranched alkanes of at least 4 members (excludes halogenated alkanes) is 13. The Labute approximate surface area is 126 Å². The second kappa shape index (κ2) is 13.8. The molecule has 0 aromatic carbocycles. The van der Waals surface area contributed by atoms with Gasteiger partial charge < -0.3 is 0 Å². The zero-order chi connectivity index (χ0) is 15.1. The van der Waals surface area contributed by atoms with Gasteiger partial charge in [0.15, 0.2) is 0 Å². The SMILES string of the molecule is CCCCCCCCCCCCCCCC[N+](C)(O)O. The number of hydrogen-bond acceptors (Lipinski definition) is 2. The average Bonchev–Trinajstić information content (AvgIpc) is 2.38. The Hall–Kier alpha value is -0.120. The Morgan fingerprint density at radius 2 is 0.850 bits per heavy atom. The summed E-state index contributed by atoms with van der Waals surface area (Å²) in [7, 11) is 1.41. The third-order valence-electron chi connectivity index (χ3n) is 3.94. The molecule has 0 aliphatic heterocycles. The van der Waals surface area contributed by atoms with E-state index in [1.54, 1.807) is 0 Å². The summed E-state index contributed by atoms with van der Waals surface area (Å²) in [4.78, 5) is -0.877. The first kappa shape index (κ1) is 19.9. The fourth-order valence-corrected chi connectivity index (χ4v) is 2.61. The Bertz CT molecular complexity index is 190. The van der Waals surface area contributed by atoms with Crippen molar-refractivity contribution < 1.29 is 15.2 Å². The van der Waals surface area contributed by atoms with Crippen molar-refractivity contribution in [2.45, 2.75) is 96.8 Å². The van der Waals surface area contributed by atoms with E-state index in [0.29, 0.717) is 6.54 Å². The lowest BCUT2D eigenvalue weighted by atomic mass is 10.0. The van der Waals surface area contributed by atoms with Crippen LogP contribution in [0.5, 0.6) is 0 Å². The van der Waals surface area contributed by atoms with Crippen molar-refractivity contribution in [1.29, 1.82) is 0 Å². The molecule has 20 heavy (non-hydrogen) atoms. The van der Waals surface area contributed by atoms with Crippen molar-refractivity contribution in [3.63, 3.8) is 0 Å². The summed E-state index contributed by atoms with van der Waals surface area (Å²) < 4.78 is 0. The van der Waals surface area contributed by atoms with Crippen LogP contribution in [0.15, 0.2) is 0 Å². The molecule has 0 radical (unpaired) electrons. The van der Waals surface area contributed by atoms with Gasteiger partial charge in [-0.3, -0.25) is 0 Å². The summed E-state index contributed by atoms with van der Waals surface area (Å²) in [5.74, 6) is 0. The predicted molar refractivity (Wildman–Crippen MR) is 84.9 cm³/mol. The van der Waals surface area contributed by atoms with E-state index in [1.807, 2.05) is 0 Å². The zero-order valence-corrected chi connectivity index (χ0v) is 13.9. The fourth-order valence-electron chi connectivity index (χ4n) is 2.61. The van der Waals surface area contributed by atoms with Crippen LogP contribution >= 0.6 is 0 Å².